The molecule has 1 aromatic rings. The smallest absolute Gasteiger partial charge is 0.243 e. The van der Waals surface area contributed by atoms with E-state index in [4.69, 9.17) is 15.2 Å². The van der Waals surface area contributed by atoms with Gasteiger partial charge in [0.25, 0.3) is 0 Å². The summed E-state index contributed by atoms with van der Waals surface area (Å²) in [5.74, 6) is 1.10. The van der Waals surface area contributed by atoms with E-state index in [1.165, 1.54) is 4.31 Å². The minimum Gasteiger partial charge on any atom is -0.490 e. The van der Waals surface area contributed by atoms with Crippen molar-refractivity contribution in [2.24, 2.45) is 11.1 Å². The van der Waals surface area contributed by atoms with Crippen LogP contribution >= 0.6 is 0 Å². The lowest BCUT2D eigenvalue weighted by Crippen LogP contribution is -2.34. The number of benzene rings is 1. The van der Waals surface area contributed by atoms with Crippen LogP contribution in [0.4, 0.5) is 0 Å². The second-order valence-electron chi connectivity index (χ2n) is 6.26. The van der Waals surface area contributed by atoms with Crippen molar-refractivity contribution in [1.29, 1.82) is 0 Å². The van der Waals surface area contributed by atoms with Crippen molar-refractivity contribution in [3.8, 4) is 11.5 Å². The van der Waals surface area contributed by atoms with Gasteiger partial charge in [0.2, 0.25) is 10.0 Å². The third-order valence-electron chi connectivity index (χ3n) is 4.37. The number of rotatable bonds is 3. The summed E-state index contributed by atoms with van der Waals surface area (Å²) in [7, 11) is -3.52. The van der Waals surface area contributed by atoms with E-state index in [9.17, 15) is 8.42 Å². The Balaban J connectivity index is 1.88. The van der Waals surface area contributed by atoms with Crippen molar-refractivity contribution in [2.45, 2.75) is 24.7 Å². The van der Waals surface area contributed by atoms with Crippen molar-refractivity contribution < 1.29 is 17.9 Å². The summed E-state index contributed by atoms with van der Waals surface area (Å²) in [6.07, 6.45) is 1.57. The number of fused-ring (bicyclic) bond motifs is 1. The Kier molecular flexibility index (Phi) is 4.05. The molecule has 0 aliphatic carbocycles. The Morgan fingerprint density at radius 2 is 2.00 bits per heavy atom. The molecule has 1 atom stereocenters. The van der Waals surface area contributed by atoms with Gasteiger partial charge in [0.15, 0.2) is 11.5 Å². The maximum absolute atomic E-state index is 12.8. The molecule has 0 amide bonds. The molecule has 1 aromatic carbocycles. The first-order valence-electron chi connectivity index (χ1n) is 7.55. The van der Waals surface area contributed by atoms with E-state index >= 15 is 0 Å². The second kappa shape index (κ2) is 5.72. The number of hydrogen-bond donors (Lipinski definition) is 1. The lowest BCUT2D eigenvalue weighted by molar-refractivity contribution is 0.296. The SMILES string of the molecule is CC1(CN)CCN(S(=O)(=O)c2ccc3c(c2)OCCCO3)C1. The lowest BCUT2D eigenvalue weighted by Gasteiger charge is -2.22. The molecule has 2 heterocycles. The molecular weight excluding hydrogens is 304 g/mol. The summed E-state index contributed by atoms with van der Waals surface area (Å²) < 4.78 is 38.2. The fourth-order valence-corrected chi connectivity index (χ4v) is 4.41. The zero-order chi connectivity index (χ0) is 15.8. The van der Waals surface area contributed by atoms with Gasteiger partial charge >= 0.3 is 0 Å². The van der Waals surface area contributed by atoms with Gasteiger partial charge in [0.05, 0.1) is 18.1 Å². The highest BCUT2D eigenvalue weighted by Crippen LogP contribution is 2.36. The van der Waals surface area contributed by atoms with E-state index in [-0.39, 0.29) is 10.3 Å². The number of nitrogens with zero attached hydrogens (tertiary/aromatic N) is 1. The van der Waals surface area contributed by atoms with Crippen molar-refractivity contribution in [2.75, 3.05) is 32.8 Å². The van der Waals surface area contributed by atoms with Crippen molar-refractivity contribution in [1.82, 2.24) is 4.31 Å². The van der Waals surface area contributed by atoms with Crippen molar-refractivity contribution >= 4 is 10.0 Å². The van der Waals surface area contributed by atoms with Gasteiger partial charge in [0, 0.05) is 25.6 Å². The zero-order valence-corrected chi connectivity index (χ0v) is 13.6. The van der Waals surface area contributed by atoms with E-state index in [1.54, 1.807) is 18.2 Å². The molecule has 1 fully saturated rings. The van der Waals surface area contributed by atoms with E-state index in [1.807, 2.05) is 6.92 Å². The average molecular weight is 326 g/mol. The van der Waals surface area contributed by atoms with Gasteiger partial charge in [-0.05, 0) is 30.5 Å². The van der Waals surface area contributed by atoms with E-state index < -0.39 is 10.0 Å². The van der Waals surface area contributed by atoms with E-state index in [0.717, 1.165) is 12.8 Å². The lowest BCUT2D eigenvalue weighted by atomic mass is 9.90. The highest BCUT2D eigenvalue weighted by atomic mass is 32.2. The number of nitrogens with two attached hydrogens (primary N) is 1. The van der Waals surface area contributed by atoms with E-state index in [0.29, 0.717) is 44.3 Å². The van der Waals surface area contributed by atoms with Gasteiger partial charge in [-0.2, -0.15) is 4.31 Å². The van der Waals surface area contributed by atoms with Crippen LogP contribution in [0.1, 0.15) is 19.8 Å². The minimum absolute atomic E-state index is 0.141. The first-order chi connectivity index (χ1) is 10.4. The number of ether oxygens (including phenoxy) is 2. The summed E-state index contributed by atoms with van der Waals surface area (Å²) in [4.78, 5) is 0.248. The van der Waals surface area contributed by atoms with Crippen LogP contribution in [0.15, 0.2) is 23.1 Å². The van der Waals surface area contributed by atoms with Crippen molar-refractivity contribution in [3.05, 3.63) is 18.2 Å². The molecule has 22 heavy (non-hydrogen) atoms. The highest BCUT2D eigenvalue weighted by Gasteiger charge is 2.39. The molecular formula is C15H22N2O4S. The topological polar surface area (TPSA) is 81.9 Å². The zero-order valence-electron chi connectivity index (χ0n) is 12.7. The molecule has 2 N–H and O–H groups in total. The number of sulfonamides is 1. The van der Waals surface area contributed by atoms with Crippen LogP contribution in [0.3, 0.4) is 0 Å². The monoisotopic (exact) mass is 326 g/mol. The Hall–Kier alpha value is -1.31. The molecule has 0 radical (unpaired) electrons. The molecule has 0 bridgehead atoms. The summed E-state index contributed by atoms with van der Waals surface area (Å²) in [6, 6.07) is 4.82. The van der Waals surface area contributed by atoms with Gasteiger partial charge in [-0.25, -0.2) is 8.42 Å². The van der Waals surface area contributed by atoms with Crippen LogP contribution in [0.5, 0.6) is 11.5 Å². The van der Waals surface area contributed by atoms with E-state index in [2.05, 4.69) is 0 Å². The largest absolute Gasteiger partial charge is 0.490 e. The van der Waals surface area contributed by atoms with Gasteiger partial charge in [-0.3, -0.25) is 0 Å². The molecule has 7 heteroatoms. The summed E-state index contributed by atoms with van der Waals surface area (Å²) in [5, 5.41) is 0. The molecule has 2 aliphatic rings. The van der Waals surface area contributed by atoms with Crippen LogP contribution in [0.2, 0.25) is 0 Å². The third kappa shape index (κ3) is 2.80. The molecule has 2 aliphatic heterocycles. The van der Waals surface area contributed by atoms with Gasteiger partial charge < -0.3 is 15.2 Å². The second-order valence-corrected chi connectivity index (χ2v) is 8.20. The molecule has 0 saturated carbocycles. The molecule has 1 unspecified atom stereocenters. The van der Waals surface area contributed by atoms with Crippen LogP contribution in [-0.2, 0) is 10.0 Å². The first kappa shape index (κ1) is 15.6. The standard InChI is InChI=1S/C15H22N2O4S/c1-15(10-16)5-6-17(11-15)22(18,19)12-3-4-13-14(9-12)21-8-2-7-20-13/h3-4,9H,2,5-8,10-11,16H2,1H3. The van der Waals surface area contributed by atoms with Crippen LogP contribution in [0, 0.1) is 5.41 Å². The summed E-state index contributed by atoms with van der Waals surface area (Å²) in [5.41, 5.74) is 5.62. The average Bonchev–Trinajstić information content (AvgIpc) is 2.77. The Morgan fingerprint density at radius 3 is 2.68 bits per heavy atom. The molecule has 6 nitrogen and oxygen atoms in total. The van der Waals surface area contributed by atoms with Crippen LogP contribution < -0.4 is 15.2 Å². The Bertz CT molecular complexity index is 662. The number of hydrogen-bond acceptors (Lipinski definition) is 5. The summed E-state index contributed by atoms with van der Waals surface area (Å²) >= 11 is 0. The van der Waals surface area contributed by atoms with Gasteiger partial charge in [0.1, 0.15) is 0 Å². The van der Waals surface area contributed by atoms with Crippen molar-refractivity contribution in [3.63, 3.8) is 0 Å². The Labute approximate surface area is 131 Å². The van der Waals surface area contributed by atoms with Crippen LogP contribution in [0.25, 0.3) is 0 Å². The molecule has 1 saturated heterocycles. The third-order valence-corrected chi connectivity index (χ3v) is 6.21. The molecule has 0 spiro atoms. The normalized spacial score (nSPS) is 25.9. The maximum Gasteiger partial charge on any atom is 0.243 e. The fourth-order valence-electron chi connectivity index (χ4n) is 2.80. The maximum atomic E-state index is 12.8. The predicted molar refractivity (Wildman–Crippen MR) is 82.6 cm³/mol. The summed E-state index contributed by atoms with van der Waals surface area (Å²) in [6.45, 7) is 4.59. The first-order valence-corrected chi connectivity index (χ1v) is 8.99. The fraction of sp³-hybridized carbons (Fsp3) is 0.600. The molecule has 122 valence electrons. The van der Waals surface area contributed by atoms with Crippen LogP contribution in [-0.4, -0.2) is 45.6 Å². The molecule has 0 aromatic heterocycles. The highest BCUT2D eigenvalue weighted by molar-refractivity contribution is 7.89. The minimum atomic E-state index is -3.52. The molecule has 3 rings (SSSR count). The quantitative estimate of drug-likeness (QED) is 0.903. The van der Waals surface area contributed by atoms with Gasteiger partial charge in [-0.1, -0.05) is 6.92 Å². The Morgan fingerprint density at radius 1 is 1.27 bits per heavy atom. The predicted octanol–water partition coefficient (Wildman–Crippen LogP) is 1.21. The van der Waals surface area contributed by atoms with Gasteiger partial charge in [-0.15, -0.1) is 0 Å².